The van der Waals surface area contributed by atoms with Crippen LogP contribution >= 0.6 is 46.4 Å². The van der Waals surface area contributed by atoms with Gasteiger partial charge in [-0.15, -0.1) is 23.2 Å². The van der Waals surface area contributed by atoms with Gasteiger partial charge in [-0.1, -0.05) is 23.2 Å². The lowest BCUT2D eigenvalue weighted by Gasteiger charge is -2.09. The number of halogens is 4. The number of hydrogen-bond donors (Lipinski definition) is 1. The summed E-state index contributed by atoms with van der Waals surface area (Å²) in [5.74, 6) is 0. The van der Waals surface area contributed by atoms with Crippen LogP contribution in [0.25, 0.3) is 0 Å². The van der Waals surface area contributed by atoms with E-state index in [9.17, 15) is 0 Å². The second-order valence-corrected chi connectivity index (χ2v) is 4.00. The number of alkyl halides is 2. The molecule has 0 spiro atoms. The van der Waals surface area contributed by atoms with Crippen LogP contribution in [0, 0.1) is 0 Å². The average molecular weight is 238 g/mol. The lowest BCUT2D eigenvalue weighted by atomic mass is 10.2. The van der Waals surface area contributed by atoms with E-state index in [1.807, 2.05) is 0 Å². The fourth-order valence-electron chi connectivity index (χ4n) is 0.507. The van der Waals surface area contributed by atoms with Gasteiger partial charge in [-0.05, 0) is 12.5 Å². The van der Waals surface area contributed by atoms with Crippen LogP contribution in [0.4, 0.5) is 0 Å². The Hall–Kier alpha value is 0.860. The van der Waals surface area contributed by atoms with Crippen molar-refractivity contribution >= 4 is 46.4 Å². The van der Waals surface area contributed by atoms with E-state index in [1.165, 1.54) is 6.08 Å². The van der Waals surface area contributed by atoms with Gasteiger partial charge >= 0.3 is 0 Å². The van der Waals surface area contributed by atoms with Gasteiger partial charge in [0.25, 0.3) is 0 Å². The number of allylic oxidation sites excluding steroid dienone is 1. The van der Waals surface area contributed by atoms with Crippen LogP contribution in [-0.4, -0.2) is 22.5 Å². The van der Waals surface area contributed by atoms with Gasteiger partial charge in [0.1, 0.15) is 4.49 Å². The highest BCUT2D eigenvalue weighted by molar-refractivity contribution is 6.56. The van der Waals surface area contributed by atoms with E-state index in [4.69, 9.17) is 51.5 Å². The Balaban J connectivity index is 3.82. The van der Waals surface area contributed by atoms with Crippen molar-refractivity contribution in [2.75, 3.05) is 6.61 Å². The predicted octanol–water partition coefficient (Wildman–Crippen LogP) is 2.90. The summed E-state index contributed by atoms with van der Waals surface area (Å²) in [7, 11) is 0. The minimum absolute atomic E-state index is 0.00509. The molecular formula is C6H8Cl4O. The highest BCUT2D eigenvalue weighted by Gasteiger charge is 2.13. The zero-order valence-electron chi connectivity index (χ0n) is 5.61. The van der Waals surface area contributed by atoms with Crippen molar-refractivity contribution in [2.45, 2.75) is 17.2 Å². The van der Waals surface area contributed by atoms with E-state index in [2.05, 4.69) is 0 Å². The van der Waals surface area contributed by atoms with E-state index in [-0.39, 0.29) is 16.5 Å². The molecule has 0 amide bonds. The summed E-state index contributed by atoms with van der Waals surface area (Å²) in [4.78, 5) is 0. The molecule has 66 valence electrons. The summed E-state index contributed by atoms with van der Waals surface area (Å²) in [6, 6.07) is 0. The van der Waals surface area contributed by atoms with Crippen molar-refractivity contribution in [1.29, 1.82) is 0 Å². The van der Waals surface area contributed by atoms with Gasteiger partial charge in [0.15, 0.2) is 0 Å². The highest BCUT2D eigenvalue weighted by Crippen LogP contribution is 2.19. The SMILES string of the molecule is OCCC(Cl)C(Cl)C=C(Cl)Cl. The third-order valence-corrected chi connectivity index (χ3v) is 2.34. The first-order chi connectivity index (χ1) is 5.07. The van der Waals surface area contributed by atoms with Crippen LogP contribution in [0.15, 0.2) is 10.6 Å². The molecule has 1 N–H and O–H groups in total. The second kappa shape index (κ2) is 6.38. The van der Waals surface area contributed by atoms with Crippen LogP contribution < -0.4 is 0 Å². The van der Waals surface area contributed by atoms with E-state index in [1.54, 1.807) is 0 Å². The van der Waals surface area contributed by atoms with Gasteiger partial charge in [0.2, 0.25) is 0 Å². The molecule has 0 aliphatic rings. The molecule has 0 aliphatic heterocycles. The smallest absolute Gasteiger partial charge is 0.104 e. The summed E-state index contributed by atoms with van der Waals surface area (Å²) in [5.41, 5.74) is 0. The predicted molar refractivity (Wildman–Crippen MR) is 50.8 cm³/mol. The monoisotopic (exact) mass is 236 g/mol. The van der Waals surface area contributed by atoms with Crippen LogP contribution in [0.1, 0.15) is 6.42 Å². The highest BCUT2D eigenvalue weighted by atomic mass is 35.5. The Labute approximate surface area is 85.9 Å². The van der Waals surface area contributed by atoms with Gasteiger partial charge in [-0.25, -0.2) is 0 Å². The molecule has 0 heterocycles. The van der Waals surface area contributed by atoms with Gasteiger partial charge in [0.05, 0.1) is 10.8 Å². The maximum absolute atomic E-state index is 8.49. The maximum atomic E-state index is 8.49. The standard InChI is InChI=1S/C6H8Cl4O/c7-4(1-2-11)5(8)3-6(9)10/h3-5,11H,1-2H2. The molecule has 0 aliphatic carbocycles. The van der Waals surface area contributed by atoms with E-state index >= 15 is 0 Å². The van der Waals surface area contributed by atoms with E-state index in [0.29, 0.717) is 6.42 Å². The lowest BCUT2D eigenvalue weighted by Crippen LogP contribution is -2.13. The summed E-state index contributed by atoms with van der Waals surface area (Å²) < 4.78 is 0.0913. The Bertz CT molecular complexity index is 133. The molecule has 2 unspecified atom stereocenters. The Morgan fingerprint density at radius 3 is 2.27 bits per heavy atom. The molecule has 0 rings (SSSR count). The topological polar surface area (TPSA) is 20.2 Å². The van der Waals surface area contributed by atoms with Crippen molar-refractivity contribution in [3.63, 3.8) is 0 Å². The van der Waals surface area contributed by atoms with Crippen molar-refractivity contribution in [3.05, 3.63) is 10.6 Å². The third kappa shape index (κ3) is 6.06. The molecule has 0 aromatic heterocycles. The van der Waals surface area contributed by atoms with Crippen molar-refractivity contribution in [2.24, 2.45) is 0 Å². The maximum Gasteiger partial charge on any atom is 0.104 e. The minimum atomic E-state index is -0.436. The summed E-state index contributed by atoms with van der Waals surface area (Å²) in [6.45, 7) is 0.00509. The minimum Gasteiger partial charge on any atom is -0.396 e. The molecule has 2 atom stereocenters. The van der Waals surface area contributed by atoms with Gasteiger partial charge in [-0.2, -0.15) is 0 Å². The molecule has 0 radical (unpaired) electrons. The molecule has 0 bridgehead atoms. The van der Waals surface area contributed by atoms with E-state index in [0.717, 1.165) is 0 Å². The molecular weight excluding hydrogens is 230 g/mol. The molecule has 11 heavy (non-hydrogen) atoms. The Morgan fingerprint density at radius 2 is 1.91 bits per heavy atom. The lowest BCUT2D eigenvalue weighted by molar-refractivity contribution is 0.286. The first kappa shape index (κ1) is 11.9. The van der Waals surface area contributed by atoms with Crippen LogP contribution in [0.3, 0.4) is 0 Å². The van der Waals surface area contributed by atoms with Crippen LogP contribution in [0.5, 0.6) is 0 Å². The van der Waals surface area contributed by atoms with Crippen LogP contribution in [0.2, 0.25) is 0 Å². The third-order valence-electron chi connectivity index (χ3n) is 1.04. The average Bonchev–Trinajstić information content (AvgIpc) is 1.86. The number of aliphatic hydroxyl groups excluding tert-OH is 1. The molecule has 0 aromatic carbocycles. The zero-order chi connectivity index (χ0) is 8.85. The quantitative estimate of drug-likeness (QED) is 0.746. The molecule has 0 saturated heterocycles. The Kier molecular flexibility index (Phi) is 6.88. The molecule has 0 aromatic rings. The molecule has 0 saturated carbocycles. The van der Waals surface area contributed by atoms with Gasteiger partial charge in [-0.3, -0.25) is 0 Å². The van der Waals surface area contributed by atoms with Crippen molar-refractivity contribution < 1.29 is 5.11 Å². The Morgan fingerprint density at radius 1 is 1.36 bits per heavy atom. The van der Waals surface area contributed by atoms with Crippen LogP contribution in [-0.2, 0) is 0 Å². The number of aliphatic hydroxyl groups is 1. The zero-order valence-corrected chi connectivity index (χ0v) is 8.63. The molecule has 1 nitrogen and oxygen atoms in total. The van der Waals surface area contributed by atoms with E-state index < -0.39 is 5.38 Å². The fourth-order valence-corrected chi connectivity index (χ4v) is 1.33. The normalized spacial score (nSPS) is 15.7. The van der Waals surface area contributed by atoms with Crippen molar-refractivity contribution in [1.82, 2.24) is 0 Å². The first-order valence-electron chi connectivity index (χ1n) is 2.99. The summed E-state index contributed by atoms with van der Waals surface area (Å²) >= 11 is 22.1. The number of rotatable bonds is 4. The second-order valence-electron chi connectivity index (χ2n) is 1.93. The fraction of sp³-hybridized carbons (Fsp3) is 0.667. The largest absolute Gasteiger partial charge is 0.396 e. The summed E-state index contributed by atoms with van der Waals surface area (Å²) in [5, 5.41) is 7.71. The molecule has 0 fully saturated rings. The van der Waals surface area contributed by atoms with Gasteiger partial charge < -0.3 is 5.11 Å². The first-order valence-corrected chi connectivity index (χ1v) is 4.62. The van der Waals surface area contributed by atoms with Gasteiger partial charge in [0, 0.05) is 6.61 Å². The van der Waals surface area contributed by atoms with Crippen molar-refractivity contribution in [3.8, 4) is 0 Å². The number of hydrogen-bond acceptors (Lipinski definition) is 1. The summed E-state index contributed by atoms with van der Waals surface area (Å²) in [6.07, 6.45) is 1.85. The molecule has 5 heteroatoms.